The van der Waals surface area contributed by atoms with E-state index in [1.807, 2.05) is 0 Å². The third kappa shape index (κ3) is 3.94. The van der Waals surface area contributed by atoms with E-state index in [0.29, 0.717) is 11.3 Å². The fourth-order valence-electron chi connectivity index (χ4n) is 1.09. The number of carbonyl (C=O) groups excluding carboxylic acids is 1. The summed E-state index contributed by atoms with van der Waals surface area (Å²) >= 11 is 1.09. The number of carbonyl (C=O) groups is 2. The van der Waals surface area contributed by atoms with E-state index in [4.69, 9.17) is 9.84 Å². The number of carboxylic acid groups (broad SMARTS) is 1. The van der Waals surface area contributed by atoms with E-state index in [1.54, 1.807) is 31.4 Å². The molecule has 4 nitrogen and oxygen atoms in total. The highest BCUT2D eigenvalue weighted by atomic mass is 32.2. The molecule has 86 valence electrons. The number of hydrogen-bond donors (Lipinski definition) is 1. The Bertz CT molecular complexity index is 372. The zero-order chi connectivity index (χ0) is 12.0. The molecule has 0 bridgehead atoms. The lowest BCUT2D eigenvalue weighted by molar-refractivity contribution is -0.133. The van der Waals surface area contributed by atoms with Crippen LogP contribution in [0.5, 0.6) is 5.75 Å². The van der Waals surface area contributed by atoms with E-state index in [1.165, 1.54) is 0 Å². The molecule has 1 aromatic rings. The van der Waals surface area contributed by atoms with Gasteiger partial charge in [-0.2, -0.15) is 0 Å². The highest BCUT2D eigenvalue weighted by Gasteiger charge is 2.07. The van der Waals surface area contributed by atoms with Crippen molar-refractivity contribution >= 4 is 23.5 Å². The Hall–Kier alpha value is -1.49. The monoisotopic (exact) mass is 240 g/mol. The lowest BCUT2D eigenvalue weighted by Crippen LogP contribution is -2.06. The van der Waals surface area contributed by atoms with Crippen molar-refractivity contribution in [2.24, 2.45) is 0 Å². The lowest BCUT2D eigenvalue weighted by atomic mass is 10.1. The predicted molar refractivity (Wildman–Crippen MR) is 62.3 cm³/mol. The maximum Gasteiger partial charge on any atom is 0.313 e. The fraction of sp³-hybridized carbons (Fsp3) is 0.273. The standard InChI is InChI=1S/C11H12O4S/c1-15-9-4-2-8(3-5-9)10(12)6-16-7-11(13)14/h2-5H,6-7H2,1H3,(H,13,14). The van der Waals surface area contributed by atoms with Crippen molar-refractivity contribution in [3.05, 3.63) is 29.8 Å². The summed E-state index contributed by atoms with van der Waals surface area (Å²) in [7, 11) is 1.56. The van der Waals surface area contributed by atoms with Gasteiger partial charge in [0.25, 0.3) is 0 Å². The molecule has 0 amide bonds. The molecule has 1 rings (SSSR count). The summed E-state index contributed by atoms with van der Waals surface area (Å²) in [4.78, 5) is 21.8. The smallest absolute Gasteiger partial charge is 0.313 e. The van der Waals surface area contributed by atoms with Crippen LogP contribution in [0.4, 0.5) is 0 Å². The van der Waals surface area contributed by atoms with E-state index in [2.05, 4.69) is 0 Å². The molecule has 0 heterocycles. The van der Waals surface area contributed by atoms with Gasteiger partial charge in [-0.3, -0.25) is 9.59 Å². The summed E-state index contributed by atoms with van der Waals surface area (Å²) < 4.78 is 4.97. The Labute approximate surface area is 97.6 Å². The van der Waals surface area contributed by atoms with E-state index in [9.17, 15) is 9.59 Å². The molecule has 0 aliphatic carbocycles. The van der Waals surface area contributed by atoms with Crippen molar-refractivity contribution in [1.82, 2.24) is 0 Å². The van der Waals surface area contributed by atoms with Gasteiger partial charge in [-0.1, -0.05) is 0 Å². The van der Waals surface area contributed by atoms with Crippen molar-refractivity contribution in [2.75, 3.05) is 18.6 Å². The molecule has 0 unspecified atom stereocenters. The third-order valence-corrected chi connectivity index (χ3v) is 2.79. The molecule has 16 heavy (non-hydrogen) atoms. The Morgan fingerprint density at radius 2 is 1.88 bits per heavy atom. The minimum Gasteiger partial charge on any atom is -0.497 e. The quantitative estimate of drug-likeness (QED) is 0.767. The summed E-state index contributed by atoms with van der Waals surface area (Å²) in [5.74, 6) is -0.170. The molecule has 5 heteroatoms. The molecule has 0 saturated heterocycles. The van der Waals surface area contributed by atoms with E-state index >= 15 is 0 Å². The number of ketones is 1. The Kier molecular flexibility index (Phi) is 4.85. The minimum atomic E-state index is -0.910. The lowest BCUT2D eigenvalue weighted by Gasteiger charge is -2.02. The molecule has 0 aromatic heterocycles. The Morgan fingerprint density at radius 3 is 2.38 bits per heavy atom. The summed E-state index contributed by atoms with van der Waals surface area (Å²) in [6.07, 6.45) is 0. The summed E-state index contributed by atoms with van der Waals surface area (Å²) in [5, 5.41) is 8.42. The molecule has 0 aliphatic heterocycles. The van der Waals surface area contributed by atoms with Gasteiger partial charge in [-0.05, 0) is 24.3 Å². The molecule has 0 atom stereocenters. The number of aliphatic carboxylic acids is 1. The predicted octanol–water partition coefficient (Wildman–Crippen LogP) is 1.70. The van der Waals surface area contributed by atoms with Gasteiger partial charge in [0.05, 0.1) is 18.6 Å². The summed E-state index contributed by atoms with van der Waals surface area (Å²) in [6.45, 7) is 0. The fourth-order valence-corrected chi connectivity index (χ4v) is 1.72. The number of Topliss-reactive ketones (excluding diaryl/α,β-unsaturated/α-hetero) is 1. The van der Waals surface area contributed by atoms with Crippen LogP contribution in [0, 0.1) is 0 Å². The molecule has 0 aliphatic rings. The number of carboxylic acids is 1. The van der Waals surface area contributed by atoms with Crippen LogP contribution in [0.1, 0.15) is 10.4 Å². The normalized spacial score (nSPS) is 9.81. The minimum absolute atomic E-state index is 0.0537. The topological polar surface area (TPSA) is 63.6 Å². The number of rotatable bonds is 6. The summed E-state index contributed by atoms with van der Waals surface area (Å²) in [5.41, 5.74) is 0.568. The van der Waals surface area contributed by atoms with Gasteiger partial charge in [0.15, 0.2) is 5.78 Å². The van der Waals surface area contributed by atoms with E-state index < -0.39 is 5.97 Å². The number of ether oxygens (including phenoxy) is 1. The largest absolute Gasteiger partial charge is 0.497 e. The average molecular weight is 240 g/mol. The molecule has 1 N–H and O–H groups in total. The SMILES string of the molecule is COc1ccc(C(=O)CSCC(=O)O)cc1. The van der Waals surface area contributed by atoms with Crippen molar-refractivity contribution in [3.63, 3.8) is 0 Å². The number of benzene rings is 1. The van der Waals surface area contributed by atoms with Crippen LogP contribution in [-0.2, 0) is 4.79 Å². The van der Waals surface area contributed by atoms with E-state index in [-0.39, 0.29) is 17.3 Å². The van der Waals surface area contributed by atoms with Gasteiger partial charge in [0.2, 0.25) is 0 Å². The Morgan fingerprint density at radius 1 is 1.25 bits per heavy atom. The van der Waals surface area contributed by atoms with Crippen LogP contribution in [0.15, 0.2) is 24.3 Å². The van der Waals surface area contributed by atoms with Gasteiger partial charge < -0.3 is 9.84 Å². The van der Waals surface area contributed by atoms with Crippen LogP contribution in [0.3, 0.4) is 0 Å². The first-order chi connectivity index (χ1) is 7.63. The van der Waals surface area contributed by atoms with Crippen molar-refractivity contribution in [2.45, 2.75) is 0 Å². The second-order valence-electron chi connectivity index (χ2n) is 3.04. The second kappa shape index (κ2) is 6.17. The molecule has 0 radical (unpaired) electrons. The van der Waals surface area contributed by atoms with Crippen molar-refractivity contribution in [3.8, 4) is 5.75 Å². The van der Waals surface area contributed by atoms with E-state index in [0.717, 1.165) is 11.8 Å². The van der Waals surface area contributed by atoms with Crippen LogP contribution < -0.4 is 4.74 Å². The van der Waals surface area contributed by atoms with Gasteiger partial charge >= 0.3 is 5.97 Å². The van der Waals surface area contributed by atoms with Gasteiger partial charge in [-0.25, -0.2) is 0 Å². The van der Waals surface area contributed by atoms with Crippen LogP contribution in [0.2, 0.25) is 0 Å². The molecular weight excluding hydrogens is 228 g/mol. The molecule has 0 spiro atoms. The zero-order valence-corrected chi connectivity index (χ0v) is 9.62. The maximum atomic E-state index is 11.6. The summed E-state index contributed by atoms with van der Waals surface area (Å²) in [6, 6.07) is 6.75. The highest BCUT2D eigenvalue weighted by Crippen LogP contribution is 2.13. The molecular formula is C11H12O4S. The zero-order valence-electron chi connectivity index (χ0n) is 8.80. The second-order valence-corrected chi connectivity index (χ2v) is 4.02. The number of methoxy groups -OCH3 is 1. The van der Waals surface area contributed by atoms with Crippen molar-refractivity contribution < 1.29 is 19.4 Å². The molecule has 0 fully saturated rings. The molecule has 0 saturated carbocycles. The first-order valence-corrected chi connectivity index (χ1v) is 5.75. The van der Waals surface area contributed by atoms with Gasteiger partial charge in [0, 0.05) is 5.56 Å². The van der Waals surface area contributed by atoms with Crippen LogP contribution >= 0.6 is 11.8 Å². The Balaban J connectivity index is 2.49. The third-order valence-electron chi connectivity index (χ3n) is 1.87. The van der Waals surface area contributed by atoms with Gasteiger partial charge in [-0.15, -0.1) is 11.8 Å². The molecule has 1 aromatic carbocycles. The van der Waals surface area contributed by atoms with Crippen molar-refractivity contribution in [1.29, 1.82) is 0 Å². The number of thioether (sulfide) groups is 1. The first kappa shape index (κ1) is 12.6. The maximum absolute atomic E-state index is 11.6. The van der Waals surface area contributed by atoms with Gasteiger partial charge in [0.1, 0.15) is 5.75 Å². The number of hydrogen-bond acceptors (Lipinski definition) is 4. The van der Waals surface area contributed by atoms with Crippen LogP contribution in [-0.4, -0.2) is 35.5 Å². The van der Waals surface area contributed by atoms with Crippen LogP contribution in [0.25, 0.3) is 0 Å². The highest BCUT2D eigenvalue weighted by molar-refractivity contribution is 8.00. The average Bonchev–Trinajstić information content (AvgIpc) is 2.28. The first-order valence-electron chi connectivity index (χ1n) is 4.60.